The van der Waals surface area contributed by atoms with E-state index in [-0.39, 0.29) is 11.8 Å². The largest absolute Gasteiger partial charge is 0.356 e. The van der Waals surface area contributed by atoms with Crippen LogP contribution in [0.2, 0.25) is 5.02 Å². The van der Waals surface area contributed by atoms with Gasteiger partial charge in [-0.15, -0.1) is 0 Å². The third-order valence-corrected chi connectivity index (χ3v) is 6.85. The second-order valence-electron chi connectivity index (χ2n) is 8.84. The summed E-state index contributed by atoms with van der Waals surface area (Å²) < 4.78 is 0. The van der Waals surface area contributed by atoms with Crippen molar-refractivity contribution in [3.05, 3.63) is 52.8 Å². The third kappa shape index (κ3) is 5.95. The molecule has 0 spiro atoms. The van der Waals surface area contributed by atoms with Gasteiger partial charge in [0, 0.05) is 43.1 Å². The number of aromatic nitrogens is 2. The number of nitrogens with zero attached hydrogens (tertiary/aromatic N) is 4. The summed E-state index contributed by atoms with van der Waals surface area (Å²) in [6, 6.07) is 9.97. The SMILES string of the molecule is Cc1ccnc(N2CCCC(C(=O)NCC3CCN(Cc4ccccc4Cl)CC3)C2)n1. The van der Waals surface area contributed by atoms with Gasteiger partial charge in [-0.05, 0) is 69.3 Å². The monoisotopic (exact) mass is 441 g/mol. The van der Waals surface area contributed by atoms with E-state index in [1.54, 1.807) is 6.20 Å². The fourth-order valence-electron chi connectivity index (χ4n) is 4.57. The summed E-state index contributed by atoms with van der Waals surface area (Å²) in [7, 11) is 0. The average molecular weight is 442 g/mol. The van der Waals surface area contributed by atoms with E-state index in [4.69, 9.17) is 11.6 Å². The lowest BCUT2D eigenvalue weighted by molar-refractivity contribution is -0.125. The Morgan fingerprint density at radius 1 is 1.16 bits per heavy atom. The Balaban J connectivity index is 1.21. The molecular weight excluding hydrogens is 410 g/mol. The van der Waals surface area contributed by atoms with Gasteiger partial charge >= 0.3 is 0 Å². The van der Waals surface area contributed by atoms with E-state index in [1.165, 1.54) is 5.56 Å². The highest BCUT2D eigenvalue weighted by molar-refractivity contribution is 6.31. The number of hydrogen-bond acceptors (Lipinski definition) is 5. The Hall–Kier alpha value is -2.18. The molecule has 1 aromatic carbocycles. The van der Waals surface area contributed by atoms with Crippen LogP contribution in [0.4, 0.5) is 5.95 Å². The molecule has 4 rings (SSSR count). The summed E-state index contributed by atoms with van der Waals surface area (Å²) in [6.45, 7) is 7.36. The van der Waals surface area contributed by atoms with Gasteiger partial charge in [-0.1, -0.05) is 29.8 Å². The number of benzene rings is 1. The van der Waals surface area contributed by atoms with Gasteiger partial charge in [0.25, 0.3) is 0 Å². The average Bonchev–Trinajstić information content (AvgIpc) is 2.80. The zero-order valence-corrected chi connectivity index (χ0v) is 19.0. The Kier molecular flexibility index (Phi) is 7.41. The number of halogens is 1. The normalized spacial score (nSPS) is 20.6. The number of carbonyl (C=O) groups is 1. The minimum Gasteiger partial charge on any atom is -0.356 e. The van der Waals surface area contributed by atoms with Gasteiger partial charge in [-0.2, -0.15) is 0 Å². The molecule has 2 aliphatic rings. The highest BCUT2D eigenvalue weighted by Crippen LogP contribution is 2.23. The summed E-state index contributed by atoms with van der Waals surface area (Å²) in [6.07, 6.45) is 5.94. The first-order valence-corrected chi connectivity index (χ1v) is 11.7. The van der Waals surface area contributed by atoms with E-state index in [1.807, 2.05) is 31.2 Å². The fourth-order valence-corrected chi connectivity index (χ4v) is 4.76. The third-order valence-electron chi connectivity index (χ3n) is 6.48. The molecule has 0 radical (unpaired) electrons. The van der Waals surface area contributed by atoms with Crippen LogP contribution < -0.4 is 10.2 Å². The maximum absolute atomic E-state index is 12.8. The molecule has 1 atom stereocenters. The standard InChI is InChI=1S/C24H32ClN5O/c1-18-8-11-26-24(28-18)30-12-4-6-21(17-30)23(31)27-15-19-9-13-29(14-10-19)16-20-5-2-3-7-22(20)25/h2-3,5,7-8,11,19,21H,4,6,9-10,12-17H2,1H3,(H,27,31). The predicted molar refractivity (Wildman–Crippen MR) is 124 cm³/mol. The number of amides is 1. The quantitative estimate of drug-likeness (QED) is 0.740. The van der Waals surface area contributed by atoms with Crippen molar-refractivity contribution in [1.29, 1.82) is 0 Å². The number of likely N-dealkylation sites (tertiary alicyclic amines) is 1. The van der Waals surface area contributed by atoms with Crippen LogP contribution in [0.1, 0.15) is 36.9 Å². The highest BCUT2D eigenvalue weighted by atomic mass is 35.5. The van der Waals surface area contributed by atoms with Crippen LogP contribution >= 0.6 is 11.6 Å². The summed E-state index contributed by atoms with van der Waals surface area (Å²) in [5.41, 5.74) is 2.15. The van der Waals surface area contributed by atoms with Crippen molar-refractivity contribution < 1.29 is 4.79 Å². The lowest BCUT2D eigenvalue weighted by atomic mass is 9.94. The second kappa shape index (κ2) is 10.4. The van der Waals surface area contributed by atoms with Crippen LogP contribution in [-0.4, -0.2) is 53.5 Å². The zero-order chi connectivity index (χ0) is 21.6. The smallest absolute Gasteiger partial charge is 0.225 e. The molecule has 7 heteroatoms. The van der Waals surface area contributed by atoms with Crippen LogP contribution in [0.5, 0.6) is 0 Å². The first-order valence-electron chi connectivity index (χ1n) is 11.4. The maximum Gasteiger partial charge on any atom is 0.225 e. The van der Waals surface area contributed by atoms with Crippen molar-refractivity contribution in [2.45, 2.75) is 39.2 Å². The van der Waals surface area contributed by atoms with E-state index in [0.29, 0.717) is 12.5 Å². The van der Waals surface area contributed by atoms with E-state index in [9.17, 15) is 4.79 Å². The first kappa shape index (κ1) is 22.0. The van der Waals surface area contributed by atoms with Gasteiger partial charge in [0.1, 0.15) is 0 Å². The van der Waals surface area contributed by atoms with E-state index < -0.39 is 0 Å². The molecule has 1 amide bonds. The van der Waals surface area contributed by atoms with Crippen molar-refractivity contribution in [2.75, 3.05) is 37.6 Å². The van der Waals surface area contributed by atoms with Crippen molar-refractivity contribution in [2.24, 2.45) is 11.8 Å². The predicted octanol–water partition coefficient (Wildman–Crippen LogP) is 3.68. The molecule has 0 saturated carbocycles. The second-order valence-corrected chi connectivity index (χ2v) is 9.25. The molecule has 1 N–H and O–H groups in total. The van der Waals surface area contributed by atoms with Gasteiger partial charge in [0.2, 0.25) is 11.9 Å². The van der Waals surface area contributed by atoms with Crippen molar-refractivity contribution in [3.63, 3.8) is 0 Å². The van der Waals surface area contributed by atoms with Gasteiger partial charge in [0.15, 0.2) is 0 Å². The molecule has 2 saturated heterocycles. The molecule has 1 unspecified atom stereocenters. The van der Waals surface area contributed by atoms with Crippen LogP contribution in [0.15, 0.2) is 36.5 Å². The number of piperidine rings is 2. The number of nitrogens with one attached hydrogen (secondary N) is 1. The molecule has 2 fully saturated rings. The topological polar surface area (TPSA) is 61.4 Å². The van der Waals surface area contributed by atoms with Crippen molar-refractivity contribution >= 4 is 23.5 Å². The van der Waals surface area contributed by atoms with E-state index >= 15 is 0 Å². The van der Waals surface area contributed by atoms with E-state index in [0.717, 1.165) is 75.1 Å². The molecule has 1 aromatic heterocycles. The highest BCUT2D eigenvalue weighted by Gasteiger charge is 2.28. The lowest BCUT2D eigenvalue weighted by Crippen LogP contribution is -2.45. The maximum atomic E-state index is 12.8. The number of aryl methyl sites for hydroxylation is 1. The first-order chi connectivity index (χ1) is 15.1. The number of hydrogen-bond donors (Lipinski definition) is 1. The Labute approximate surface area is 190 Å². The molecule has 0 bridgehead atoms. The zero-order valence-electron chi connectivity index (χ0n) is 18.3. The number of rotatable bonds is 6. The molecular formula is C24H32ClN5O. The Bertz CT molecular complexity index is 884. The van der Waals surface area contributed by atoms with Gasteiger partial charge in [-0.25, -0.2) is 9.97 Å². The van der Waals surface area contributed by atoms with Gasteiger partial charge in [-0.3, -0.25) is 9.69 Å². The summed E-state index contributed by atoms with van der Waals surface area (Å²) in [5, 5.41) is 4.08. The lowest BCUT2D eigenvalue weighted by Gasteiger charge is -2.34. The molecule has 31 heavy (non-hydrogen) atoms. The molecule has 2 aromatic rings. The molecule has 3 heterocycles. The molecule has 166 valence electrons. The molecule has 6 nitrogen and oxygen atoms in total. The fraction of sp³-hybridized carbons (Fsp3) is 0.542. The number of anilines is 1. The Morgan fingerprint density at radius 2 is 1.97 bits per heavy atom. The minimum atomic E-state index is 0.0122. The van der Waals surface area contributed by atoms with Crippen molar-refractivity contribution in [3.8, 4) is 0 Å². The van der Waals surface area contributed by atoms with Crippen LogP contribution in [0, 0.1) is 18.8 Å². The summed E-state index contributed by atoms with van der Waals surface area (Å²) >= 11 is 6.30. The molecule has 0 aliphatic carbocycles. The van der Waals surface area contributed by atoms with Crippen molar-refractivity contribution in [1.82, 2.24) is 20.2 Å². The number of carbonyl (C=O) groups excluding carboxylic acids is 1. The van der Waals surface area contributed by atoms with Crippen LogP contribution in [0.25, 0.3) is 0 Å². The van der Waals surface area contributed by atoms with Crippen LogP contribution in [0.3, 0.4) is 0 Å². The Morgan fingerprint density at radius 3 is 2.74 bits per heavy atom. The minimum absolute atomic E-state index is 0.0122. The summed E-state index contributed by atoms with van der Waals surface area (Å²) in [4.78, 5) is 26.3. The summed E-state index contributed by atoms with van der Waals surface area (Å²) in [5.74, 6) is 1.48. The molecule has 2 aliphatic heterocycles. The van der Waals surface area contributed by atoms with Gasteiger partial charge < -0.3 is 10.2 Å². The van der Waals surface area contributed by atoms with Gasteiger partial charge in [0.05, 0.1) is 5.92 Å². The van der Waals surface area contributed by atoms with E-state index in [2.05, 4.69) is 31.2 Å². The van der Waals surface area contributed by atoms with Crippen LogP contribution in [-0.2, 0) is 11.3 Å².